The van der Waals surface area contributed by atoms with Crippen molar-refractivity contribution in [1.29, 1.82) is 0 Å². The number of hydrogen-bond acceptors (Lipinski definition) is 5. The van der Waals surface area contributed by atoms with Crippen molar-refractivity contribution in [2.75, 3.05) is 0 Å². The second-order valence-electron chi connectivity index (χ2n) is 5.97. The molecule has 0 aliphatic heterocycles. The number of nitrogens with one attached hydrogen (secondary N) is 1. The largest absolute Gasteiger partial charge is 0.338 e. The molecule has 0 aliphatic rings. The van der Waals surface area contributed by atoms with Crippen LogP contribution in [0.4, 0.5) is 0 Å². The van der Waals surface area contributed by atoms with Crippen LogP contribution in [0.25, 0.3) is 11.4 Å². The van der Waals surface area contributed by atoms with Gasteiger partial charge in [0.25, 0.3) is 0 Å². The Hall–Kier alpha value is -2.51. The lowest BCUT2D eigenvalue weighted by Crippen LogP contribution is -2.24. The molecular formula is C18H19N3O3S. The fourth-order valence-electron chi connectivity index (χ4n) is 2.48. The van der Waals surface area contributed by atoms with E-state index in [1.165, 1.54) is 0 Å². The highest BCUT2D eigenvalue weighted by molar-refractivity contribution is 7.89. The Labute approximate surface area is 147 Å². The topological polar surface area (TPSA) is 85.1 Å². The molecule has 0 saturated carbocycles. The fourth-order valence-corrected chi connectivity index (χ4v) is 3.68. The summed E-state index contributed by atoms with van der Waals surface area (Å²) in [5, 5.41) is 3.90. The van der Waals surface area contributed by atoms with E-state index >= 15 is 0 Å². The first-order chi connectivity index (χ1) is 11.8. The van der Waals surface area contributed by atoms with Crippen LogP contribution < -0.4 is 4.72 Å². The fraction of sp³-hybridized carbons (Fsp3) is 0.222. The monoisotopic (exact) mass is 357 g/mol. The summed E-state index contributed by atoms with van der Waals surface area (Å²) in [4.78, 5) is 4.49. The van der Waals surface area contributed by atoms with Crippen LogP contribution in [0.1, 0.15) is 22.6 Å². The summed E-state index contributed by atoms with van der Waals surface area (Å²) in [5.41, 5.74) is 3.65. The molecule has 0 spiro atoms. The van der Waals surface area contributed by atoms with Crippen LogP contribution >= 0.6 is 0 Å². The maximum Gasteiger partial charge on any atom is 0.242 e. The van der Waals surface area contributed by atoms with Gasteiger partial charge in [0.2, 0.25) is 21.7 Å². The summed E-state index contributed by atoms with van der Waals surface area (Å²) in [6.45, 7) is 5.62. The third kappa shape index (κ3) is 3.94. The molecule has 2 aromatic carbocycles. The highest BCUT2D eigenvalue weighted by Gasteiger charge is 2.18. The second-order valence-corrected chi connectivity index (χ2v) is 7.71. The normalized spacial score (nSPS) is 11.6. The van der Waals surface area contributed by atoms with Gasteiger partial charge >= 0.3 is 0 Å². The highest BCUT2D eigenvalue weighted by atomic mass is 32.2. The Bertz CT molecular complexity index is 993. The van der Waals surface area contributed by atoms with E-state index in [9.17, 15) is 8.42 Å². The molecule has 25 heavy (non-hydrogen) atoms. The summed E-state index contributed by atoms with van der Waals surface area (Å²) >= 11 is 0. The predicted molar refractivity (Wildman–Crippen MR) is 94.4 cm³/mol. The van der Waals surface area contributed by atoms with Crippen molar-refractivity contribution in [2.45, 2.75) is 32.2 Å². The highest BCUT2D eigenvalue weighted by Crippen LogP contribution is 2.18. The number of aromatic nitrogens is 2. The molecule has 6 nitrogen and oxygen atoms in total. The van der Waals surface area contributed by atoms with E-state index < -0.39 is 10.0 Å². The van der Waals surface area contributed by atoms with E-state index in [1.807, 2.05) is 44.2 Å². The van der Waals surface area contributed by atoms with Crippen molar-refractivity contribution in [1.82, 2.24) is 14.9 Å². The molecule has 0 aliphatic carbocycles. The van der Waals surface area contributed by atoms with E-state index in [1.54, 1.807) is 19.1 Å². The van der Waals surface area contributed by atoms with Crippen LogP contribution in [-0.4, -0.2) is 18.6 Å². The van der Waals surface area contributed by atoms with Gasteiger partial charge in [0.05, 0.1) is 11.4 Å². The van der Waals surface area contributed by atoms with Gasteiger partial charge in [0.1, 0.15) is 0 Å². The zero-order valence-corrected chi connectivity index (χ0v) is 15.1. The van der Waals surface area contributed by atoms with Gasteiger partial charge in [-0.25, -0.2) is 13.1 Å². The first-order valence-electron chi connectivity index (χ1n) is 7.82. The molecule has 3 rings (SSSR count). The molecule has 130 valence electrons. The molecule has 1 heterocycles. The van der Waals surface area contributed by atoms with E-state index in [0.29, 0.717) is 11.4 Å². The maximum atomic E-state index is 12.5. The molecular weight excluding hydrogens is 338 g/mol. The van der Waals surface area contributed by atoms with Crippen molar-refractivity contribution in [3.8, 4) is 11.4 Å². The van der Waals surface area contributed by atoms with Crippen molar-refractivity contribution in [3.05, 3.63) is 65.0 Å². The van der Waals surface area contributed by atoms with Crippen molar-refractivity contribution in [2.24, 2.45) is 0 Å². The standard InChI is InChI=1S/C18H19N3O3S/c1-12-4-7-15(8-5-12)18-20-17(24-21-18)11-19-25(22,23)16-9-6-13(2)10-14(16)3/h4-10,19H,11H2,1-3H3. The summed E-state index contributed by atoms with van der Waals surface area (Å²) < 4.78 is 32.5. The first-order valence-corrected chi connectivity index (χ1v) is 9.30. The first kappa shape index (κ1) is 17.3. The van der Waals surface area contributed by atoms with Crippen LogP contribution in [0.2, 0.25) is 0 Å². The van der Waals surface area contributed by atoms with Gasteiger partial charge in [0, 0.05) is 5.56 Å². The van der Waals surface area contributed by atoms with Gasteiger partial charge in [0.15, 0.2) is 0 Å². The minimum atomic E-state index is -3.64. The molecule has 3 aromatic rings. The lowest BCUT2D eigenvalue weighted by atomic mass is 10.1. The minimum absolute atomic E-state index is 0.0610. The number of benzene rings is 2. The Morgan fingerprint density at radius 2 is 1.68 bits per heavy atom. The molecule has 0 amide bonds. The van der Waals surface area contributed by atoms with Crippen LogP contribution in [0.5, 0.6) is 0 Å². The van der Waals surface area contributed by atoms with Gasteiger partial charge < -0.3 is 4.52 Å². The van der Waals surface area contributed by atoms with Crippen molar-refractivity contribution < 1.29 is 12.9 Å². The van der Waals surface area contributed by atoms with Crippen LogP contribution in [0.3, 0.4) is 0 Å². The van der Waals surface area contributed by atoms with E-state index in [2.05, 4.69) is 14.9 Å². The summed E-state index contributed by atoms with van der Waals surface area (Å²) in [6, 6.07) is 12.9. The SMILES string of the molecule is Cc1ccc(-c2noc(CNS(=O)(=O)c3ccc(C)cc3C)n2)cc1. The lowest BCUT2D eigenvalue weighted by molar-refractivity contribution is 0.376. The molecule has 0 unspecified atom stereocenters. The average Bonchev–Trinajstić information content (AvgIpc) is 3.02. The molecule has 1 aromatic heterocycles. The van der Waals surface area contributed by atoms with Gasteiger partial charge in [-0.3, -0.25) is 0 Å². The van der Waals surface area contributed by atoms with Gasteiger partial charge in [-0.1, -0.05) is 52.7 Å². The Balaban J connectivity index is 1.74. The van der Waals surface area contributed by atoms with Crippen molar-refractivity contribution >= 4 is 10.0 Å². The van der Waals surface area contributed by atoms with E-state index in [-0.39, 0.29) is 17.3 Å². The third-order valence-electron chi connectivity index (χ3n) is 3.81. The summed E-state index contributed by atoms with van der Waals surface area (Å²) in [5.74, 6) is 0.643. The maximum absolute atomic E-state index is 12.5. The van der Waals surface area contributed by atoms with Gasteiger partial charge in [-0.15, -0.1) is 0 Å². The van der Waals surface area contributed by atoms with Crippen LogP contribution in [-0.2, 0) is 16.6 Å². The Kier molecular flexibility index (Phi) is 4.69. The summed E-state index contributed by atoms with van der Waals surface area (Å²) in [6.07, 6.45) is 0. The van der Waals surface area contributed by atoms with Crippen LogP contribution in [0, 0.1) is 20.8 Å². The molecule has 1 N–H and O–H groups in total. The third-order valence-corrected chi connectivity index (χ3v) is 5.37. The predicted octanol–water partition coefficient (Wildman–Crippen LogP) is 3.14. The Morgan fingerprint density at radius 1 is 1.00 bits per heavy atom. The van der Waals surface area contributed by atoms with E-state index in [4.69, 9.17) is 4.52 Å². The number of rotatable bonds is 5. The molecule has 0 bridgehead atoms. The molecule has 0 atom stereocenters. The lowest BCUT2D eigenvalue weighted by Gasteiger charge is -2.08. The average molecular weight is 357 g/mol. The van der Waals surface area contributed by atoms with Crippen molar-refractivity contribution in [3.63, 3.8) is 0 Å². The molecule has 0 fully saturated rings. The smallest absolute Gasteiger partial charge is 0.242 e. The van der Waals surface area contributed by atoms with Gasteiger partial charge in [-0.05, 0) is 32.4 Å². The van der Waals surface area contributed by atoms with Crippen LogP contribution in [0.15, 0.2) is 51.9 Å². The number of nitrogens with zero attached hydrogens (tertiary/aromatic N) is 2. The second kappa shape index (κ2) is 6.78. The Morgan fingerprint density at radius 3 is 2.36 bits per heavy atom. The quantitative estimate of drug-likeness (QED) is 0.758. The summed E-state index contributed by atoms with van der Waals surface area (Å²) in [7, 11) is -3.64. The molecule has 0 saturated heterocycles. The number of aryl methyl sites for hydroxylation is 3. The number of hydrogen-bond donors (Lipinski definition) is 1. The molecule has 7 heteroatoms. The minimum Gasteiger partial charge on any atom is -0.338 e. The zero-order chi connectivity index (χ0) is 18.0. The number of sulfonamides is 1. The zero-order valence-electron chi connectivity index (χ0n) is 14.3. The molecule has 0 radical (unpaired) electrons. The van der Waals surface area contributed by atoms with Gasteiger partial charge in [-0.2, -0.15) is 4.98 Å². The van der Waals surface area contributed by atoms with E-state index in [0.717, 1.165) is 16.7 Å².